The average molecular weight is 327 g/mol. The van der Waals surface area contributed by atoms with Crippen LogP contribution in [0.15, 0.2) is 9.27 Å². The second-order valence-electron chi connectivity index (χ2n) is 5.66. The summed E-state index contributed by atoms with van der Waals surface area (Å²) in [6, 6.07) is 0.237. The third-order valence-corrected chi connectivity index (χ3v) is 4.81. The number of halogens is 1. The highest BCUT2D eigenvalue weighted by Gasteiger charge is 2.34. The van der Waals surface area contributed by atoms with Crippen LogP contribution in [0.2, 0.25) is 0 Å². The van der Waals surface area contributed by atoms with Crippen molar-refractivity contribution in [2.24, 2.45) is 0 Å². The van der Waals surface area contributed by atoms with Gasteiger partial charge in [0.25, 0.3) is 5.56 Å². The molecule has 0 amide bonds. The lowest BCUT2D eigenvalue weighted by Crippen LogP contribution is -2.57. The quantitative estimate of drug-likeness (QED) is 0.890. The van der Waals surface area contributed by atoms with E-state index in [2.05, 4.69) is 44.6 Å². The Morgan fingerprint density at radius 1 is 1.32 bits per heavy atom. The lowest BCUT2D eigenvalue weighted by Gasteiger charge is -2.46. The Hall–Kier alpha value is -0.720. The second-order valence-corrected chi connectivity index (χ2v) is 6.45. The molecule has 3 saturated heterocycles. The predicted octanol–water partition coefficient (Wildman–Crippen LogP) is 1.33. The first-order valence-electron chi connectivity index (χ1n) is 6.82. The Kier molecular flexibility index (Phi) is 3.49. The fraction of sp³-hybridized carbons (Fsp3) is 0.692. The number of hydrogen-bond donors (Lipinski definition) is 1. The minimum absolute atomic E-state index is 0.0636. The summed E-state index contributed by atoms with van der Waals surface area (Å²) in [5, 5.41) is 0. The maximum Gasteiger partial charge on any atom is 0.265 e. The zero-order chi connectivity index (χ0) is 13.6. The van der Waals surface area contributed by atoms with Crippen molar-refractivity contribution in [1.82, 2.24) is 19.8 Å². The molecule has 0 radical (unpaired) electrons. The van der Waals surface area contributed by atoms with Crippen molar-refractivity contribution in [2.75, 3.05) is 32.7 Å². The van der Waals surface area contributed by atoms with Gasteiger partial charge in [0, 0.05) is 32.7 Å². The molecular formula is C13H19BrN4O. The minimum Gasteiger partial charge on any atom is -0.308 e. The van der Waals surface area contributed by atoms with Crippen LogP contribution in [-0.2, 0) is 0 Å². The topological polar surface area (TPSA) is 52.2 Å². The molecule has 6 heteroatoms. The molecule has 5 nitrogen and oxygen atoms in total. The molecule has 1 aromatic rings. The van der Waals surface area contributed by atoms with E-state index in [0.29, 0.717) is 4.47 Å². The van der Waals surface area contributed by atoms with Gasteiger partial charge in [-0.2, -0.15) is 0 Å². The van der Waals surface area contributed by atoms with Gasteiger partial charge in [-0.05, 0) is 21.8 Å². The Morgan fingerprint density at radius 2 is 2.00 bits per heavy atom. The van der Waals surface area contributed by atoms with E-state index in [-0.39, 0.29) is 17.5 Å². The van der Waals surface area contributed by atoms with E-state index < -0.39 is 0 Å². The summed E-state index contributed by atoms with van der Waals surface area (Å²) < 4.78 is 0.572. The zero-order valence-electron chi connectivity index (χ0n) is 11.3. The molecule has 4 heterocycles. The van der Waals surface area contributed by atoms with E-state index in [1.54, 1.807) is 0 Å². The number of hydrogen-bond acceptors (Lipinski definition) is 4. The minimum atomic E-state index is -0.0636. The summed E-state index contributed by atoms with van der Waals surface area (Å²) >= 11 is 3.35. The van der Waals surface area contributed by atoms with Crippen molar-refractivity contribution in [3.63, 3.8) is 0 Å². The van der Waals surface area contributed by atoms with Gasteiger partial charge < -0.3 is 4.98 Å². The van der Waals surface area contributed by atoms with Gasteiger partial charge in [-0.1, -0.05) is 13.8 Å². The van der Waals surface area contributed by atoms with Crippen LogP contribution in [-0.4, -0.2) is 52.5 Å². The third kappa shape index (κ3) is 2.37. The summed E-state index contributed by atoms with van der Waals surface area (Å²) in [6.45, 7) is 9.51. The normalized spacial score (nSPS) is 30.0. The molecule has 19 heavy (non-hydrogen) atoms. The summed E-state index contributed by atoms with van der Waals surface area (Å²) in [6.07, 6.45) is 0. The molecule has 3 aliphatic heterocycles. The molecule has 0 saturated carbocycles. The molecule has 1 unspecified atom stereocenters. The Balaban J connectivity index is 1.99. The number of rotatable bonds is 2. The predicted molar refractivity (Wildman–Crippen MR) is 77.4 cm³/mol. The van der Waals surface area contributed by atoms with Gasteiger partial charge in [0.1, 0.15) is 10.3 Å². The molecule has 0 spiro atoms. The number of nitrogens with one attached hydrogen (secondary N) is 1. The van der Waals surface area contributed by atoms with Crippen molar-refractivity contribution in [1.29, 1.82) is 0 Å². The highest BCUT2D eigenvalue weighted by molar-refractivity contribution is 9.10. The van der Waals surface area contributed by atoms with Gasteiger partial charge in [-0.25, -0.2) is 4.98 Å². The third-order valence-electron chi connectivity index (χ3n) is 4.05. The first-order chi connectivity index (χ1) is 9.06. The van der Waals surface area contributed by atoms with Crippen LogP contribution in [0.5, 0.6) is 0 Å². The smallest absolute Gasteiger partial charge is 0.265 e. The molecule has 1 aromatic heterocycles. The maximum absolute atomic E-state index is 12.0. The number of piperazine rings is 3. The van der Waals surface area contributed by atoms with Crippen LogP contribution in [0.1, 0.15) is 37.3 Å². The first-order valence-corrected chi connectivity index (χ1v) is 7.61. The monoisotopic (exact) mass is 326 g/mol. The van der Waals surface area contributed by atoms with E-state index in [9.17, 15) is 4.79 Å². The van der Waals surface area contributed by atoms with Crippen LogP contribution in [0, 0.1) is 0 Å². The summed E-state index contributed by atoms with van der Waals surface area (Å²) in [4.78, 5) is 24.6. The average Bonchev–Trinajstić information content (AvgIpc) is 2.42. The second kappa shape index (κ2) is 5.00. The number of fused-ring (bicyclic) bond motifs is 3. The maximum atomic E-state index is 12.0. The van der Waals surface area contributed by atoms with Gasteiger partial charge in [-0.15, -0.1) is 0 Å². The molecule has 3 aliphatic rings. The summed E-state index contributed by atoms with van der Waals surface area (Å²) in [5.41, 5.74) is 0.794. The van der Waals surface area contributed by atoms with Crippen LogP contribution in [0.25, 0.3) is 0 Å². The van der Waals surface area contributed by atoms with Crippen molar-refractivity contribution < 1.29 is 0 Å². The summed E-state index contributed by atoms with van der Waals surface area (Å²) in [7, 11) is 0. The molecule has 104 valence electrons. The van der Waals surface area contributed by atoms with Crippen molar-refractivity contribution in [3.8, 4) is 0 Å². The number of aromatic nitrogens is 2. The fourth-order valence-corrected chi connectivity index (χ4v) is 3.56. The largest absolute Gasteiger partial charge is 0.308 e. The van der Waals surface area contributed by atoms with Crippen LogP contribution < -0.4 is 5.56 Å². The fourth-order valence-electron chi connectivity index (χ4n) is 2.91. The lowest BCUT2D eigenvalue weighted by molar-refractivity contribution is 0.00842. The van der Waals surface area contributed by atoms with E-state index in [1.807, 2.05) is 0 Å². The Morgan fingerprint density at radius 3 is 2.53 bits per heavy atom. The van der Waals surface area contributed by atoms with E-state index >= 15 is 0 Å². The first kappa shape index (κ1) is 13.3. The van der Waals surface area contributed by atoms with E-state index in [4.69, 9.17) is 4.98 Å². The highest BCUT2D eigenvalue weighted by atomic mass is 79.9. The van der Waals surface area contributed by atoms with Crippen molar-refractivity contribution in [3.05, 3.63) is 26.3 Å². The van der Waals surface area contributed by atoms with Crippen molar-refractivity contribution >= 4 is 15.9 Å². The Labute approximate surface area is 121 Å². The molecule has 3 fully saturated rings. The van der Waals surface area contributed by atoms with E-state index in [0.717, 1.165) is 44.2 Å². The molecule has 0 aromatic carbocycles. The molecule has 4 rings (SSSR count). The van der Waals surface area contributed by atoms with Gasteiger partial charge in [-0.3, -0.25) is 14.6 Å². The molecule has 2 bridgehead atoms. The van der Waals surface area contributed by atoms with Gasteiger partial charge in [0.15, 0.2) is 0 Å². The SMILES string of the molecule is CC(C)c1nc(C2CN3CCN2CC3)[nH]c(=O)c1Br. The van der Waals surface area contributed by atoms with Gasteiger partial charge in [0.05, 0.1) is 11.7 Å². The van der Waals surface area contributed by atoms with Crippen LogP contribution in [0.3, 0.4) is 0 Å². The number of nitrogens with zero attached hydrogens (tertiary/aromatic N) is 3. The van der Waals surface area contributed by atoms with E-state index in [1.165, 1.54) is 0 Å². The number of aromatic amines is 1. The lowest BCUT2D eigenvalue weighted by atomic mass is 10.1. The highest BCUT2D eigenvalue weighted by Crippen LogP contribution is 2.28. The molecule has 0 aliphatic carbocycles. The van der Waals surface area contributed by atoms with Crippen molar-refractivity contribution in [2.45, 2.75) is 25.8 Å². The molecule has 1 N–H and O–H groups in total. The molecule has 1 atom stereocenters. The summed E-state index contributed by atoms with van der Waals surface area (Å²) in [5.74, 6) is 1.06. The van der Waals surface area contributed by atoms with Gasteiger partial charge in [0.2, 0.25) is 0 Å². The zero-order valence-corrected chi connectivity index (χ0v) is 12.9. The standard InChI is InChI=1S/C13H19BrN4O/c1-8(2)11-10(14)13(19)16-12(15-11)9-7-17-3-5-18(9)6-4-17/h8-9H,3-7H2,1-2H3,(H,15,16,19). The van der Waals surface area contributed by atoms with Crippen LogP contribution in [0.4, 0.5) is 0 Å². The Bertz CT molecular complexity index is 534. The number of H-pyrrole nitrogens is 1. The van der Waals surface area contributed by atoms with Gasteiger partial charge >= 0.3 is 0 Å². The molecular weight excluding hydrogens is 308 g/mol. The van der Waals surface area contributed by atoms with Crippen LogP contribution >= 0.6 is 15.9 Å².